The van der Waals surface area contributed by atoms with E-state index in [0.29, 0.717) is 6.04 Å². The van der Waals surface area contributed by atoms with Gasteiger partial charge < -0.3 is 10.2 Å². The molecule has 1 aliphatic rings. The number of nitrogens with zero attached hydrogens (tertiary/aromatic N) is 3. The third-order valence-electron chi connectivity index (χ3n) is 3.04. The van der Waals surface area contributed by atoms with Gasteiger partial charge >= 0.3 is 0 Å². The molecule has 0 aromatic carbocycles. The molecule has 4 nitrogen and oxygen atoms in total. The summed E-state index contributed by atoms with van der Waals surface area (Å²) in [5.41, 5.74) is 1.16. The van der Waals surface area contributed by atoms with Crippen LogP contribution in [0.4, 0.5) is 0 Å². The largest absolute Gasteiger partial charge is 0.310 e. The van der Waals surface area contributed by atoms with Gasteiger partial charge in [0.05, 0.1) is 5.69 Å². The first kappa shape index (κ1) is 12.5. The van der Waals surface area contributed by atoms with Crippen LogP contribution in [0.3, 0.4) is 0 Å². The van der Waals surface area contributed by atoms with Gasteiger partial charge in [-0.2, -0.15) is 0 Å². The zero-order chi connectivity index (χ0) is 12.1. The lowest BCUT2D eigenvalue weighted by Gasteiger charge is -2.34. The molecule has 1 aromatic heterocycles. The highest BCUT2D eigenvalue weighted by atomic mass is 15.2. The Labute approximate surface area is 104 Å². The van der Waals surface area contributed by atoms with Crippen molar-refractivity contribution in [1.82, 2.24) is 20.1 Å². The van der Waals surface area contributed by atoms with Gasteiger partial charge in [0, 0.05) is 45.0 Å². The van der Waals surface area contributed by atoms with E-state index in [1.54, 1.807) is 0 Å². The standard InChI is InChI=1S/C13H22N4/c1-16(2)9-13-11-17(8-7-15-13)10-12-5-3-4-6-14-12/h3-6,13,15H,7-11H2,1-2H3. The van der Waals surface area contributed by atoms with Gasteiger partial charge in [-0.25, -0.2) is 0 Å². The van der Waals surface area contributed by atoms with Gasteiger partial charge in [0.15, 0.2) is 0 Å². The fraction of sp³-hybridized carbons (Fsp3) is 0.615. The Hall–Kier alpha value is -0.970. The Morgan fingerprint density at radius 3 is 3.06 bits per heavy atom. The first-order valence-corrected chi connectivity index (χ1v) is 6.24. The minimum Gasteiger partial charge on any atom is -0.310 e. The van der Waals surface area contributed by atoms with Crippen LogP contribution in [0.5, 0.6) is 0 Å². The lowest BCUT2D eigenvalue weighted by molar-refractivity contribution is 0.170. The molecular formula is C13H22N4. The molecule has 0 bridgehead atoms. The molecule has 1 unspecified atom stereocenters. The number of rotatable bonds is 4. The van der Waals surface area contributed by atoms with Crippen molar-refractivity contribution in [3.05, 3.63) is 30.1 Å². The van der Waals surface area contributed by atoms with E-state index >= 15 is 0 Å². The van der Waals surface area contributed by atoms with E-state index in [4.69, 9.17) is 0 Å². The van der Waals surface area contributed by atoms with Crippen molar-refractivity contribution in [2.45, 2.75) is 12.6 Å². The number of likely N-dealkylation sites (N-methyl/N-ethyl adjacent to an activating group) is 1. The molecule has 2 rings (SSSR count). The molecule has 0 spiro atoms. The van der Waals surface area contributed by atoms with Crippen molar-refractivity contribution in [2.24, 2.45) is 0 Å². The summed E-state index contributed by atoms with van der Waals surface area (Å²) in [5.74, 6) is 0. The molecule has 1 atom stereocenters. The quantitative estimate of drug-likeness (QED) is 0.818. The van der Waals surface area contributed by atoms with Gasteiger partial charge in [-0.15, -0.1) is 0 Å². The fourth-order valence-electron chi connectivity index (χ4n) is 2.32. The maximum Gasteiger partial charge on any atom is 0.0543 e. The van der Waals surface area contributed by atoms with Crippen LogP contribution in [0.1, 0.15) is 5.69 Å². The highest BCUT2D eigenvalue weighted by Gasteiger charge is 2.19. The van der Waals surface area contributed by atoms with Crippen molar-refractivity contribution >= 4 is 0 Å². The zero-order valence-corrected chi connectivity index (χ0v) is 10.8. The molecule has 1 aromatic rings. The summed E-state index contributed by atoms with van der Waals surface area (Å²) in [7, 11) is 4.25. The number of aromatic nitrogens is 1. The average Bonchev–Trinajstić information content (AvgIpc) is 2.30. The topological polar surface area (TPSA) is 31.4 Å². The summed E-state index contributed by atoms with van der Waals surface area (Å²) in [5, 5.41) is 3.56. The lowest BCUT2D eigenvalue weighted by Crippen LogP contribution is -2.53. The van der Waals surface area contributed by atoms with Crippen LogP contribution >= 0.6 is 0 Å². The minimum atomic E-state index is 0.572. The molecule has 4 heteroatoms. The monoisotopic (exact) mass is 234 g/mol. The summed E-state index contributed by atoms with van der Waals surface area (Å²) < 4.78 is 0. The van der Waals surface area contributed by atoms with Crippen molar-refractivity contribution in [3.63, 3.8) is 0 Å². The van der Waals surface area contributed by atoms with Crippen LogP contribution in [0.15, 0.2) is 24.4 Å². The number of pyridine rings is 1. The lowest BCUT2D eigenvalue weighted by atomic mass is 10.2. The fourth-order valence-corrected chi connectivity index (χ4v) is 2.32. The molecule has 94 valence electrons. The molecule has 0 aliphatic carbocycles. The number of hydrogen-bond acceptors (Lipinski definition) is 4. The van der Waals surface area contributed by atoms with Crippen molar-refractivity contribution in [2.75, 3.05) is 40.3 Å². The Kier molecular flexibility index (Phi) is 4.48. The molecule has 1 saturated heterocycles. The second-order valence-electron chi connectivity index (χ2n) is 4.97. The molecule has 17 heavy (non-hydrogen) atoms. The molecule has 1 fully saturated rings. The van der Waals surface area contributed by atoms with Gasteiger partial charge in [0.25, 0.3) is 0 Å². The van der Waals surface area contributed by atoms with E-state index < -0.39 is 0 Å². The van der Waals surface area contributed by atoms with E-state index in [1.807, 2.05) is 12.3 Å². The Bertz CT molecular complexity index is 325. The highest BCUT2D eigenvalue weighted by molar-refractivity contribution is 5.03. The minimum absolute atomic E-state index is 0.572. The molecule has 0 saturated carbocycles. The first-order chi connectivity index (χ1) is 8.24. The molecule has 0 amide bonds. The normalized spacial score (nSPS) is 21.9. The zero-order valence-electron chi connectivity index (χ0n) is 10.8. The maximum absolute atomic E-state index is 4.39. The molecule has 2 heterocycles. The summed E-state index contributed by atoms with van der Waals surface area (Å²) in [6, 6.07) is 6.70. The van der Waals surface area contributed by atoms with Gasteiger partial charge in [-0.05, 0) is 26.2 Å². The van der Waals surface area contributed by atoms with Gasteiger partial charge in [0.2, 0.25) is 0 Å². The predicted molar refractivity (Wildman–Crippen MR) is 69.9 cm³/mol. The highest BCUT2D eigenvalue weighted by Crippen LogP contribution is 2.05. The van der Waals surface area contributed by atoms with Crippen molar-refractivity contribution in [1.29, 1.82) is 0 Å². The number of hydrogen-bond donors (Lipinski definition) is 1. The van der Waals surface area contributed by atoms with E-state index in [-0.39, 0.29) is 0 Å². The van der Waals surface area contributed by atoms with E-state index in [2.05, 4.69) is 46.3 Å². The molecular weight excluding hydrogens is 212 g/mol. The van der Waals surface area contributed by atoms with E-state index in [0.717, 1.165) is 38.4 Å². The van der Waals surface area contributed by atoms with Crippen molar-refractivity contribution in [3.8, 4) is 0 Å². The van der Waals surface area contributed by atoms with E-state index in [9.17, 15) is 0 Å². The van der Waals surface area contributed by atoms with Crippen LogP contribution in [-0.4, -0.2) is 61.1 Å². The summed E-state index contributed by atoms with van der Waals surface area (Å²) in [6.45, 7) is 5.35. The van der Waals surface area contributed by atoms with Crippen LogP contribution in [-0.2, 0) is 6.54 Å². The summed E-state index contributed by atoms with van der Waals surface area (Å²) in [6.07, 6.45) is 1.87. The Balaban J connectivity index is 1.85. The Morgan fingerprint density at radius 1 is 1.47 bits per heavy atom. The second-order valence-corrected chi connectivity index (χ2v) is 4.97. The second kappa shape index (κ2) is 6.10. The third kappa shape index (κ3) is 4.07. The summed E-state index contributed by atoms with van der Waals surface area (Å²) in [4.78, 5) is 9.10. The molecule has 1 aliphatic heterocycles. The molecule has 0 radical (unpaired) electrons. The predicted octanol–water partition coefficient (Wildman–Crippen LogP) is 0.417. The smallest absolute Gasteiger partial charge is 0.0543 e. The third-order valence-corrected chi connectivity index (χ3v) is 3.04. The SMILES string of the molecule is CN(C)CC1CN(Cc2ccccn2)CCN1. The van der Waals surface area contributed by atoms with Gasteiger partial charge in [-0.1, -0.05) is 6.07 Å². The van der Waals surface area contributed by atoms with Gasteiger partial charge in [0.1, 0.15) is 0 Å². The number of nitrogens with one attached hydrogen (secondary N) is 1. The van der Waals surface area contributed by atoms with Crippen molar-refractivity contribution < 1.29 is 0 Å². The van der Waals surface area contributed by atoms with Crippen LogP contribution < -0.4 is 5.32 Å². The van der Waals surface area contributed by atoms with E-state index in [1.165, 1.54) is 0 Å². The molecule has 1 N–H and O–H groups in total. The Morgan fingerprint density at radius 2 is 2.35 bits per heavy atom. The maximum atomic E-state index is 4.39. The number of piperazine rings is 1. The first-order valence-electron chi connectivity index (χ1n) is 6.24. The average molecular weight is 234 g/mol. The summed E-state index contributed by atoms with van der Waals surface area (Å²) >= 11 is 0. The van der Waals surface area contributed by atoms with Crippen LogP contribution in [0.25, 0.3) is 0 Å². The van der Waals surface area contributed by atoms with Crippen LogP contribution in [0.2, 0.25) is 0 Å². The van der Waals surface area contributed by atoms with Gasteiger partial charge in [-0.3, -0.25) is 9.88 Å². The van der Waals surface area contributed by atoms with Crippen LogP contribution in [0, 0.1) is 0 Å².